The molecule has 207 valence electrons. The van der Waals surface area contributed by atoms with E-state index in [4.69, 9.17) is 12.3 Å². The fourth-order valence-electron chi connectivity index (χ4n) is 5.68. The molecule has 3 aromatic rings. The van der Waals surface area contributed by atoms with Crippen molar-refractivity contribution in [2.24, 2.45) is 0 Å². The third-order valence-electron chi connectivity index (χ3n) is 7.33. The number of nitrogens with zero attached hydrogens (tertiary/aromatic N) is 3. The van der Waals surface area contributed by atoms with Gasteiger partial charge in [0.05, 0.1) is 0 Å². The third kappa shape index (κ3) is 5.14. The summed E-state index contributed by atoms with van der Waals surface area (Å²) in [6.07, 6.45) is 0. The van der Waals surface area contributed by atoms with Crippen LogP contribution in [0.4, 0.5) is 17.1 Å². The van der Waals surface area contributed by atoms with Gasteiger partial charge >= 0.3 is 245 Å². The average molecular weight is 654 g/mol. The summed E-state index contributed by atoms with van der Waals surface area (Å²) in [7, 11) is -11.1. The van der Waals surface area contributed by atoms with Crippen molar-refractivity contribution in [3.8, 4) is 0 Å². The van der Waals surface area contributed by atoms with Gasteiger partial charge in [0.2, 0.25) is 0 Å². The average Bonchev–Trinajstić information content (AvgIpc) is 2.83. The van der Waals surface area contributed by atoms with Crippen LogP contribution < -0.4 is 10.6 Å². The van der Waals surface area contributed by atoms with Crippen LogP contribution in [0.25, 0.3) is 0 Å². The molecule has 3 heterocycles. The predicted molar refractivity (Wildman–Crippen MR) is 174 cm³/mol. The zero-order valence-electron chi connectivity index (χ0n) is 24.7. The molecule has 3 saturated heterocycles. The molecule has 11 heteroatoms. The summed E-state index contributed by atoms with van der Waals surface area (Å²) >= 11 is -2.74. The fraction of sp³-hybridized carbons (Fsp3) is 0.357. The van der Waals surface area contributed by atoms with Gasteiger partial charge in [0.15, 0.2) is 0 Å². The first-order valence-electron chi connectivity index (χ1n) is 13.7. The Morgan fingerprint density at radius 1 is 0.487 bits per heavy atom. The van der Waals surface area contributed by atoms with Gasteiger partial charge in [-0.25, -0.2) is 0 Å². The zero-order valence-corrected chi connectivity index (χ0v) is 30.8. The first-order valence-corrected chi connectivity index (χ1v) is 26.8. The predicted octanol–water partition coefficient (Wildman–Crippen LogP) is 7.41. The van der Waals surface area contributed by atoms with E-state index in [-0.39, 0.29) is 5.04 Å². The SMILES string of the molecule is CC(C)(C)[Si]12O[Si](C)(C)[N](c3ccccc3)[Ge]([N](c3ccccc3)[Si](C)(C)O1)[N](c1ccccc1)[Si](C)(C)O2. The molecule has 0 unspecified atom stereocenters. The van der Waals surface area contributed by atoms with E-state index in [1.165, 1.54) is 17.1 Å². The molecule has 3 aromatic carbocycles. The molecule has 2 bridgehead atoms. The maximum absolute atomic E-state index is 7.53. The van der Waals surface area contributed by atoms with Crippen LogP contribution in [0.3, 0.4) is 0 Å². The number of anilines is 3. The summed E-state index contributed by atoms with van der Waals surface area (Å²) in [5.74, 6) is 0. The topological polar surface area (TPSA) is 37.4 Å². The van der Waals surface area contributed by atoms with Crippen LogP contribution in [-0.4, -0.2) is 49.3 Å². The van der Waals surface area contributed by atoms with Gasteiger partial charge in [-0.3, -0.25) is 0 Å². The Morgan fingerprint density at radius 3 is 0.974 bits per heavy atom. The molecule has 3 aliphatic heterocycles. The summed E-state index contributed by atoms with van der Waals surface area (Å²) in [5.41, 5.74) is 3.71. The van der Waals surface area contributed by atoms with Crippen molar-refractivity contribution in [3.05, 3.63) is 91.0 Å². The van der Waals surface area contributed by atoms with Gasteiger partial charge in [-0.2, -0.15) is 0 Å². The number of rotatable bonds is 3. The van der Waals surface area contributed by atoms with E-state index in [9.17, 15) is 0 Å². The number of benzene rings is 3. The molecule has 1 radical (unpaired) electrons. The van der Waals surface area contributed by atoms with E-state index in [2.05, 4.69) is 162 Å². The van der Waals surface area contributed by atoms with Crippen LogP contribution in [0.2, 0.25) is 44.3 Å². The van der Waals surface area contributed by atoms with Crippen molar-refractivity contribution < 1.29 is 12.3 Å². The summed E-state index contributed by atoms with van der Waals surface area (Å²) in [6.45, 7) is 20.8. The number of hydrogen-bond acceptors (Lipinski definition) is 6. The van der Waals surface area contributed by atoms with Crippen LogP contribution in [0.15, 0.2) is 91.0 Å². The molecule has 3 fully saturated rings. The second kappa shape index (κ2) is 10.0. The molecular formula is C28H42GeN3O3Si4. The number of para-hydroxylation sites is 3. The van der Waals surface area contributed by atoms with E-state index in [0.717, 1.165) is 0 Å². The molecule has 0 saturated carbocycles. The molecule has 6 nitrogen and oxygen atoms in total. The van der Waals surface area contributed by atoms with Crippen molar-refractivity contribution in [1.82, 2.24) is 0 Å². The van der Waals surface area contributed by atoms with E-state index >= 15 is 0 Å². The summed E-state index contributed by atoms with van der Waals surface area (Å²) in [6, 6.07) is 32.9. The third-order valence-corrected chi connectivity index (χ3v) is 39.8. The Kier molecular flexibility index (Phi) is 7.41. The van der Waals surface area contributed by atoms with Crippen molar-refractivity contribution in [2.75, 3.05) is 10.6 Å². The molecule has 0 N–H and O–H groups in total. The molecule has 3 aliphatic rings. The van der Waals surface area contributed by atoms with Crippen molar-refractivity contribution >= 4 is 66.3 Å². The van der Waals surface area contributed by atoms with Crippen LogP contribution in [0.1, 0.15) is 20.8 Å². The molecule has 0 amide bonds. The van der Waals surface area contributed by atoms with Crippen molar-refractivity contribution in [2.45, 2.75) is 65.1 Å². The van der Waals surface area contributed by atoms with Crippen molar-refractivity contribution in [3.63, 3.8) is 0 Å². The monoisotopic (exact) mass is 654 g/mol. The Balaban J connectivity index is 1.94. The van der Waals surface area contributed by atoms with Gasteiger partial charge in [0.25, 0.3) is 0 Å². The standard InChI is InChI=1S/C28H42GeN3O3Si4/c1-28(2,3)39-33-36(4,5)30(25-19-13-10-14-20-25)29(31(37(6,7)34-39)26-21-15-11-16-22-26)32(38(8,9)35-39)27-23-17-12-18-24-27/h10-24H,1-9H3. The summed E-state index contributed by atoms with van der Waals surface area (Å²) in [4.78, 5) is 0. The van der Waals surface area contributed by atoms with Crippen LogP contribution in [0, 0.1) is 0 Å². The minimum absolute atomic E-state index is 0.298. The number of fused-ring (bicyclic) bond motifs is 6. The maximum atomic E-state index is 7.53. The Labute approximate surface area is 244 Å². The van der Waals surface area contributed by atoms with E-state index in [1.54, 1.807) is 0 Å². The van der Waals surface area contributed by atoms with Crippen LogP contribution >= 0.6 is 0 Å². The van der Waals surface area contributed by atoms with Crippen molar-refractivity contribution in [1.29, 1.82) is 0 Å². The van der Waals surface area contributed by atoms with Crippen LogP contribution in [0.5, 0.6) is 0 Å². The summed E-state index contributed by atoms with van der Waals surface area (Å²) < 4.78 is 30.9. The number of hydrogen-bond donors (Lipinski definition) is 0. The minimum atomic E-state index is -3.27. The van der Waals surface area contributed by atoms with Gasteiger partial charge in [0.1, 0.15) is 0 Å². The van der Waals surface area contributed by atoms with E-state index in [0.29, 0.717) is 0 Å². The molecule has 39 heavy (non-hydrogen) atoms. The second-order valence-electron chi connectivity index (χ2n) is 12.8. The molecule has 0 atom stereocenters. The molecule has 0 aromatic heterocycles. The molecule has 0 aliphatic carbocycles. The van der Waals surface area contributed by atoms with Gasteiger partial charge in [-0.05, 0) is 0 Å². The van der Waals surface area contributed by atoms with Gasteiger partial charge in [-0.1, -0.05) is 0 Å². The Bertz CT molecular complexity index is 1140. The first-order chi connectivity index (χ1) is 18.2. The zero-order chi connectivity index (χ0) is 28.3. The van der Waals surface area contributed by atoms with E-state index < -0.39 is 49.3 Å². The van der Waals surface area contributed by atoms with E-state index in [1.807, 2.05) is 0 Å². The molecule has 0 spiro atoms. The molecule has 6 rings (SSSR count). The van der Waals surface area contributed by atoms with Gasteiger partial charge in [-0.15, -0.1) is 0 Å². The molecular weight excluding hydrogens is 611 g/mol. The second-order valence-corrected chi connectivity index (χ2v) is 34.7. The van der Waals surface area contributed by atoms with Gasteiger partial charge < -0.3 is 0 Å². The Hall–Kier alpha value is -1.65. The first kappa shape index (κ1) is 28.9. The van der Waals surface area contributed by atoms with Gasteiger partial charge in [0, 0.05) is 0 Å². The fourth-order valence-corrected chi connectivity index (χ4v) is 43.7. The Morgan fingerprint density at radius 2 is 0.744 bits per heavy atom. The quantitative estimate of drug-likeness (QED) is 0.274. The summed E-state index contributed by atoms with van der Waals surface area (Å²) in [5, 5.41) is -0.298. The normalized spacial score (nSPS) is 22.2. The van der Waals surface area contributed by atoms with Crippen LogP contribution in [-0.2, 0) is 12.3 Å².